The zero-order valence-corrected chi connectivity index (χ0v) is 15.2. The van der Waals surface area contributed by atoms with Crippen LogP contribution in [-0.4, -0.2) is 10.9 Å². The Hall–Kier alpha value is -1.68. The molecule has 23 heavy (non-hydrogen) atoms. The molecule has 0 aliphatic heterocycles. The standard InChI is InChI=1S/C19H23BrN2O/c1-14(2)9-17(10-15-5-3-7-18(20)11-15)19(23)22-13-16-6-4-8-21-12-16/h3-8,11-12,14,17H,9-10,13H2,1-2H3,(H,22,23)/t17-/m1/s1. The zero-order valence-electron chi connectivity index (χ0n) is 13.6. The van der Waals surface area contributed by atoms with Gasteiger partial charge >= 0.3 is 0 Å². The average molecular weight is 375 g/mol. The number of amides is 1. The molecule has 3 nitrogen and oxygen atoms in total. The van der Waals surface area contributed by atoms with Gasteiger partial charge in [0.15, 0.2) is 0 Å². The predicted molar refractivity (Wildman–Crippen MR) is 96.9 cm³/mol. The molecule has 122 valence electrons. The lowest BCUT2D eigenvalue weighted by molar-refractivity contribution is -0.125. The van der Waals surface area contributed by atoms with E-state index in [2.05, 4.69) is 52.2 Å². The summed E-state index contributed by atoms with van der Waals surface area (Å²) in [6, 6.07) is 12.0. The normalized spacial score (nSPS) is 12.2. The minimum Gasteiger partial charge on any atom is -0.352 e. The molecular formula is C19H23BrN2O. The summed E-state index contributed by atoms with van der Waals surface area (Å²) >= 11 is 3.49. The Morgan fingerprint density at radius 2 is 2.00 bits per heavy atom. The quantitative estimate of drug-likeness (QED) is 0.781. The summed E-state index contributed by atoms with van der Waals surface area (Å²) in [6.45, 7) is 4.84. The van der Waals surface area contributed by atoms with Gasteiger partial charge in [-0.15, -0.1) is 0 Å². The van der Waals surface area contributed by atoms with Crippen LogP contribution in [0.2, 0.25) is 0 Å². The molecule has 4 heteroatoms. The minimum absolute atomic E-state index is 0.0130. The van der Waals surface area contributed by atoms with Gasteiger partial charge in [-0.3, -0.25) is 9.78 Å². The lowest BCUT2D eigenvalue weighted by Crippen LogP contribution is -2.32. The van der Waals surface area contributed by atoms with Crippen LogP contribution >= 0.6 is 15.9 Å². The molecule has 1 N–H and O–H groups in total. The number of nitrogens with zero attached hydrogens (tertiary/aromatic N) is 1. The molecule has 2 rings (SSSR count). The molecule has 2 aromatic rings. The maximum Gasteiger partial charge on any atom is 0.223 e. The Kier molecular flexibility index (Phi) is 6.78. The van der Waals surface area contributed by atoms with E-state index in [4.69, 9.17) is 0 Å². The zero-order chi connectivity index (χ0) is 16.7. The highest BCUT2D eigenvalue weighted by molar-refractivity contribution is 9.10. The number of aromatic nitrogens is 1. The molecule has 0 fully saturated rings. The number of rotatable bonds is 7. The molecule has 0 bridgehead atoms. The van der Waals surface area contributed by atoms with Crippen molar-refractivity contribution in [1.29, 1.82) is 0 Å². The summed E-state index contributed by atoms with van der Waals surface area (Å²) in [5, 5.41) is 3.05. The number of halogens is 1. The smallest absolute Gasteiger partial charge is 0.223 e. The third-order valence-electron chi connectivity index (χ3n) is 3.69. The van der Waals surface area contributed by atoms with E-state index in [9.17, 15) is 4.79 Å². The van der Waals surface area contributed by atoms with Crippen molar-refractivity contribution in [2.75, 3.05) is 0 Å². The summed E-state index contributed by atoms with van der Waals surface area (Å²) in [6.07, 6.45) is 5.16. The number of benzene rings is 1. The number of hydrogen-bond acceptors (Lipinski definition) is 2. The molecule has 0 saturated heterocycles. The van der Waals surface area contributed by atoms with Gasteiger partial charge in [0.25, 0.3) is 0 Å². The number of nitrogens with one attached hydrogen (secondary N) is 1. The van der Waals surface area contributed by atoms with Gasteiger partial charge in [-0.25, -0.2) is 0 Å². The van der Waals surface area contributed by atoms with Gasteiger partial charge in [-0.05, 0) is 48.1 Å². The molecule has 1 aromatic carbocycles. The van der Waals surface area contributed by atoms with Crippen LogP contribution in [0.25, 0.3) is 0 Å². The van der Waals surface area contributed by atoms with Gasteiger partial charge in [0.05, 0.1) is 0 Å². The summed E-state index contributed by atoms with van der Waals surface area (Å²) in [5.74, 6) is 0.583. The first-order valence-electron chi connectivity index (χ1n) is 7.95. The van der Waals surface area contributed by atoms with Crippen LogP contribution in [0, 0.1) is 11.8 Å². The molecule has 0 radical (unpaired) electrons. The fourth-order valence-corrected chi connectivity index (χ4v) is 3.08. The van der Waals surface area contributed by atoms with Crippen molar-refractivity contribution in [1.82, 2.24) is 10.3 Å². The number of pyridine rings is 1. The largest absolute Gasteiger partial charge is 0.352 e. The molecule has 1 atom stereocenters. The first kappa shape index (κ1) is 17.7. The van der Waals surface area contributed by atoms with Crippen LogP contribution < -0.4 is 5.32 Å². The van der Waals surface area contributed by atoms with Gasteiger partial charge in [-0.2, -0.15) is 0 Å². The van der Waals surface area contributed by atoms with E-state index in [1.807, 2.05) is 24.3 Å². The number of carbonyl (C=O) groups is 1. The van der Waals surface area contributed by atoms with Gasteiger partial charge < -0.3 is 5.32 Å². The SMILES string of the molecule is CC(C)C[C@H](Cc1cccc(Br)c1)C(=O)NCc1cccnc1. The van der Waals surface area contributed by atoms with Crippen molar-refractivity contribution in [3.8, 4) is 0 Å². The molecule has 0 saturated carbocycles. The monoisotopic (exact) mass is 374 g/mol. The van der Waals surface area contributed by atoms with Crippen LogP contribution in [-0.2, 0) is 17.8 Å². The molecule has 0 aliphatic carbocycles. The van der Waals surface area contributed by atoms with Crippen molar-refractivity contribution >= 4 is 21.8 Å². The van der Waals surface area contributed by atoms with Crippen molar-refractivity contribution in [2.45, 2.75) is 33.2 Å². The van der Waals surface area contributed by atoms with E-state index in [1.165, 1.54) is 5.56 Å². The second kappa shape index (κ2) is 8.82. The lowest BCUT2D eigenvalue weighted by atomic mass is 9.90. The van der Waals surface area contributed by atoms with Crippen molar-refractivity contribution in [3.63, 3.8) is 0 Å². The topological polar surface area (TPSA) is 42.0 Å². The first-order valence-corrected chi connectivity index (χ1v) is 8.75. The lowest BCUT2D eigenvalue weighted by Gasteiger charge is -2.19. The second-order valence-corrected chi connectivity index (χ2v) is 7.16. The highest BCUT2D eigenvalue weighted by Crippen LogP contribution is 2.20. The Labute approximate surface area is 146 Å². The Bertz CT molecular complexity index is 628. The fourth-order valence-electron chi connectivity index (χ4n) is 2.64. The third-order valence-corrected chi connectivity index (χ3v) is 4.18. The van der Waals surface area contributed by atoms with E-state index < -0.39 is 0 Å². The Morgan fingerprint density at radius 1 is 1.22 bits per heavy atom. The van der Waals surface area contributed by atoms with Gasteiger partial charge in [-0.1, -0.05) is 48.0 Å². The van der Waals surface area contributed by atoms with E-state index >= 15 is 0 Å². The van der Waals surface area contributed by atoms with E-state index in [0.717, 1.165) is 22.9 Å². The Morgan fingerprint density at radius 3 is 2.65 bits per heavy atom. The minimum atomic E-state index is -0.0130. The van der Waals surface area contributed by atoms with Crippen LogP contribution in [0.1, 0.15) is 31.4 Å². The highest BCUT2D eigenvalue weighted by atomic mass is 79.9. The summed E-state index contributed by atoms with van der Waals surface area (Å²) in [7, 11) is 0. The summed E-state index contributed by atoms with van der Waals surface area (Å²) < 4.78 is 1.05. The molecule has 0 unspecified atom stereocenters. The van der Waals surface area contributed by atoms with Crippen molar-refractivity contribution in [3.05, 3.63) is 64.4 Å². The molecule has 0 aliphatic rings. The number of hydrogen-bond donors (Lipinski definition) is 1. The maximum absolute atomic E-state index is 12.6. The third kappa shape index (κ3) is 6.14. The van der Waals surface area contributed by atoms with Crippen molar-refractivity contribution in [2.24, 2.45) is 11.8 Å². The fraction of sp³-hybridized carbons (Fsp3) is 0.368. The Balaban J connectivity index is 2.00. The van der Waals surface area contributed by atoms with Gasteiger partial charge in [0.2, 0.25) is 5.91 Å². The average Bonchev–Trinajstić information content (AvgIpc) is 2.52. The van der Waals surface area contributed by atoms with Gasteiger partial charge in [0, 0.05) is 29.3 Å². The summed E-state index contributed by atoms with van der Waals surface area (Å²) in [5.41, 5.74) is 2.20. The molecule has 1 heterocycles. The van der Waals surface area contributed by atoms with Crippen LogP contribution in [0.3, 0.4) is 0 Å². The van der Waals surface area contributed by atoms with Gasteiger partial charge in [0.1, 0.15) is 0 Å². The van der Waals surface area contributed by atoms with Crippen LogP contribution in [0.5, 0.6) is 0 Å². The molecule has 1 aromatic heterocycles. The van der Waals surface area contributed by atoms with Crippen LogP contribution in [0.4, 0.5) is 0 Å². The summed E-state index contributed by atoms with van der Waals surface area (Å²) in [4.78, 5) is 16.7. The van der Waals surface area contributed by atoms with Crippen molar-refractivity contribution < 1.29 is 4.79 Å². The molecule has 1 amide bonds. The molecule has 0 spiro atoms. The van der Waals surface area contributed by atoms with E-state index in [1.54, 1.807) is 12.4 Å². The van der Waals surface area contributed by atoms with E-state index in [0.29, 0.717) is 12.5 Å². The first-order chi connectivity index (χ1) is 11.0. The number of carbonyl (C=O) groups excluding carboxylic acids is 1. The molecular weight excluding hydrogens is 352 g/mol. The second-order valence-electron chi connectivity index (χ2n) is 6.24. The highest BCUT2D eigenvalue weighted by Gasteiger charge is 2.20. The van der Waals surface area contributed by atoms with Crippen LogP contribution in [0.15, 0.2) is 53.3 Å². The van der Waals surface area contributed by atoms with E-state index in [-0.39, 0.29) is 11.8 Å². The maximum atomic E-state index is 12.6. The predicted octanol–water partition coefficient (Wildman–Crippen LogP) is 4.37.